The number of benzene rings is 2. The average Bonchev–Trinajstić information content (AvgIpc) is 2.96. The van der Waals surface area contributed by atoms with E-state index in [-0.39, 0.29) is 5.82 Å². The Morgan fingerprint density at radius 1 is 1.05 bits per heavy atom. The van der Waals surface area contributed by atoms with Crippen molar-refractivity contribution in [3.63, 3.8) is 0 Å². The summed E-state index contributed by atoms with van der Waals surface area (Å²) in [6.07, 6.45) is 0. The number of thioether (sulfide) groups is 1. The number of nitrogens with zero attached hydrogens (tertiary/aromatic N) is 2. The smallest absolute Gasteiger partial charge is 0.237 e. The molecule has 0 radical (unpaired) electrons. The molecule has 0 aliphatic heterocycles. The molecule has 0 saturated heterocycles. The first-order chi connectivity index (χ1) is 10.2. The van der Waals surface area contributed by atoms with Gasteiger partial charge in [-0.3, -0.25) is 0 Å². The van der Waals surface area contributed by atoms with E-state index >= 15 is 0 Å². The van der Waals surface area contributed by atoms with Gasteiger partial charge in [-0.2, -0.15) is 4.98 Å². The van der Waals surface area contributed by atoms with Gasteiger partial charge in [0.25, 0.3) is 0 Å². The summed E-state index contributed by atoms with van der Waals surface area (Å²) in [5, 5.41) is 4.60. The van der Waals surface area contributed by atoms with Crippen molar-refractivity contribution < 1.29 is 8.91 Å². The summed E-state index contributed by atoms with van der Waals surface area (Å²) < 4.78 is 18.1. The van der Waals surface area contributed by atoms with Gasteiger partial charge in [-0.15, -0.1) is 11.8 Å². The van der Waals surface area contributed by atoms with Gasteiger partial charge in [0.1, 0.15) is 5.82 Å². The normalized spacial score (nSPS) is 10.8. The lowest BCUT2D eigenvalue weighted by atomic mass is 10.2. The molecule has 3 rings (SSSR count). The molecular weight excluding hydrogens is 311 g/mol. The molecule has 0 spiro atoms. The molecule has 3 nitrogen and oxygen atoms in total. The lowest BCUT2D eigenvalue weighted by Crippen LogP contribution is -1.83. The standard InChI is InChI=1S/C15H10ClFN2OS/c16-11-3-7-13(8-4-11)21-9-14-18-15(19-20-14)10-1-5-12(17)6-2-10/h1-8H,9H2. The van der Waals surface area contributed by atoms with Gasteiger partial charge in [-0.25, -0.2) is 4.39 Å². The average molecular weight is 321 g/mol. The maximum absolute atomic E-state index is 12.9. The number of halogens is 2. The van der Waals surface area contributed by atoms with Crippen molar-refractivity contribution in [3.05, 3.63) is 65.3 Å². The zero-order chi connectivity index (χ0) is 14.7. The zero-order valence-electron chi connectivity index (χ0n) is 10.8. The second-order valence-corrected chi connectivity index (χ2v) is 5.75. The Labute approximate surface area is 130 Å². The number of hydrogen-bond donors (Lipinski definition) is 0. The van der Waals surface area contributed by atoms with Gasteiger partial charge in [-0.05, 0) is 48.5 Å². The van der Waals surface area contributed by atoms with Crippen LogP contribution in [0.1, 0.15) is 5.89 Å². The first-order valence-corrected chi connectivity index (χ1v) is 7.54. The van der Waals surface area contributed by atoms with Crippen molar-refractivity contribution in [1.29, 1.82) is 0 Å². The van der Waals surface area contributed by atoms with E-state index in [1.807, 2.05) is 24.3 Å². The zero-order valence-corrected chi connectivity index (χ0v) is 12.4. The Balaban J connectivity index is 1.67. The second-order valence-electron chi connectivity index (χ2n) is 4.26. The summed E-state index contributed by atoms with van der Waals surface area (Å²) >= 11 is 7.41. The Bertz CT molecular complexity index is 728. The van der Waals surface area contributed by atoms with E-state index in [1.165, 1.54) is 12.1 Å². The van der Waals surface area contributed by atoms with Crippen molar-refractivity contribution in [2.75, 3.05) is 0 Å². The monoisotopic (exact) mass is 320 g/mol. The van der Waals surface area contributed by atoms with Crippen LogP contribution >= 0.6 is 23.4 Å². The molecule has 106 valence electrons. The lowest BCUT2D eigenvalue weighted by molar-refractivity contribution is 0.391. The Morgan fingerprint density at radius 3 is 2.48 bits per heavy atom. The van der Waals surface area contributed by atoms with Gasteiger partial charge in [-0.1, -0.05) is 16.8 Å². The van der Waals surface area contributed by atoms with Crippen LogP contribution in [0.15, 0.2) is 57.9 Å². The van der Waals surface area contributed by atoms with E-state index in [1.54, 1.807) is 23.9 Å². The first-order valence-electron chi connectivity index (χ1n) is 6.17. The van der Waals surface area contributed by atoms with Crippen molar-refractivity contribution in [2.24, 2.45) is 0 Å². The molecule has 0 bridgehead atoms. The van der Waals surface area contributed by atoms with Gasteiger partial charge in [0, 0.05) is 15.5 Å². The minimum atomic E-state index is -0.291. The summed E-state index contributed by atoms with van der Waals surface area (Å²) in [7, 11) is 0. The van der Waals surface area contributed by atoms with Crippen molar-refractivity contribution in [3.8, 4) is 11.4 Å². The maximum Gasteiger partial charge on any atom is 0.237 e. The van der Waals surface area contributed by atoms with Crippen molar-refractivity contribution in [2.45, 2.75) is 10.6 Å². The fourth-order valence-electron chi connectivity index (χ4n) is 1.71. The molecule has 0 saturated carbocycles. The van der Waals surface area contributed by atoms with E-state index in [0.29, 0.717) is 22.5 Å². The second kappa shape index (κ2) is 6.28. The first kappa shape index (κ1) is 14.1. The quantitative estimate of drug-likeness (QED) is 0.646. The number of hydrogen-bond acceptors (Lipinski definition) is 4. The Morgan fingerprint density at radius 2 is 1.76 bits per heavy atom. The molecule has 1 aromatic heterocycles. The molecule has 0 amide bonds. The molecule has 6 heteroatoms. The van der Waals surface area contributed by atoms with Crippen LogP contribution in [0.3, 0.4) is 0 Å². The molecule has 2 aromatic carbocycles. The summed E-state index contributed by atoms with van der Waals surface area (Å²) in [6.45, 7) is 0. The molecule has 3 aromatic rings. The van der Waals surface area contributed by atoms with Crippen LogP contribution < -0.4 is 0 Å². The fraction of sp³-hybridized carbons (Fsp3) is 0.0667. The maximum atomic E-state index is 12.9. The highest BCUT2D eigenvalue weighted by Crippen LogP contribution is 2.24. The molecule has 0 unspecified atom stereocenters. The fourth-order valence-corrected chi connectivity index (χ4v) is 2.57. The minimum absolute atomic E-state index is 0.291. The highest BCUT2D eigenvalue weighted by Gasteiger charge is 2.09. The number of aromatic nitrogens is 2. The summed E-state index contributed by atoms with van der Waals surface area (Å²) in [5.74, 6) is 1.26. The van der Waals surface area contributed by atoms with Crippen LogP contribution in [0.4, 0.5) is 4.39 Å². The Kier molecular flexibility index (Phi) is 4.22. The predicted octanol–water partition coefficient (Wildman–Crippen LogP) is 4.82. The van der Waals surface area contributed by atoms with Gasteiger partial charge in [0.2, 0.25) is 11.7 Å². The van der Waals surface area contributed by atoms with E-state index in [4.69, 9.17) is 16.1 Å². The molecular formula is C15H10ClFN2OS. The number of rotatable bonds is 4. The van der Waals surface area contributed by atoms with Crippen LogP contribution in [0, 0.1) is 5.82 Å². The SMILES string of the molecule is Fc1ccc(-c2noc(CSc3ccc(Cl)cc3)n2)cc1. The van der Waals surface area contributed by atoms with Crippen molar-refractivity contribution >= 4 is 23.4 Å². The van der Waals surface area contributed by atoms with Crippen LogP contribution in [0.2, 0.25) is 5.02 Å². The van der Waals surface area contributed by atoms with E-state index < -0.39 is 0 Å². The summed E-state index contributed by atoms with van der Waals surface area (Å²) in [5.41, 5.74) is 0.725. The van der Waals surface area contributed by atoms with E-state index in [9.17, 15) is 4.39 Å². The predicted molar refractivity (Wildman–Crippen MR) is 80.7 cm³/mol. The van der Waals surface area contributed by atoms with Crippen LogP contribution in [-0.4, -0.2) is 10.1 Å². The highest BCUT2D eigenvalue weighted by atomic mass is 35.5. The van der Waals surface area contributed by atoms with Gasteiger partial charge >= 0.3 is 0 Å². The third-order valence-electron chi connectivity index (χ3n) is 2.75. The molecule has 0 fully saturated rings. The summed E-state index contributed by atoms with van der Waals surface area (Å²) in [6, 6.07) is 13.5. The molecule has 0 atom stereocenters. The van der Waals surface area contributed by atoms with E-state index in [2.05, 4.69) is 10.1 Å². The largest absolute Gasteiger partial charge is 0.338 e. The van der Waals surface area contributed by atoms with Gasteiger partial charge in [0.05, 0.1) is 5.75 Å². The summed E-state index contributed by atoms with van der Waals surface area (Å²) in [4.78, 5) is 5.37. The van der Waals surface area contributed by atoms with Gasteiger partial charge in [0.15, 0.2) is 0 Å². The van der Waals surface area contributed by atoms with Crippen LogP contribution in [-0.2, 0) is 5.75 Å². The minimum Gasteiger partial charge on any atom is -0.338 e. The van der Waals surface area contributed by atoms with Crippen LogP contribution in [0.5, 0.6) is 0 Å². The Hall–Kier alpha value is -1.85. The topological polar surface area (TPSA) is 38.9 Å². The molecule has 1 heterocycles. The lowest BCUT2D eigenvalue weighted by Gasteiger charge is -1.97. The van der Waals surface area contributed by atoms with Gasteiger partial charge < -0.3 is 4.52 Å². The third kappa shape index (κ3) is 3.62. The highest BCUT2D eigenvalue weighted by molar-refractivity contribution is 7.98. The molecule has 21 heavy (non-hydrogen) atoms. The van der Waals surface area contributed by atoms with Crippen LogP contribution in [0.25, 0.3) is 11.4 Å². The third-order valence-corrected chi connectivity index (χ3v) is 4.00. The molecule has 0 aliphatic rings. The van der Waals surface area contributed by atoms with E-state index in [0.717, 1.165) is 10.5 Å². The van der Waals surface area contributed by atoms with Crippen molar-refractivity contribution in [1.82, 2.24) is 10.1 Å². The molecule has 0 aliphatic carbocycles. The molecule has 0 N–H and O–H groups in total.